The summed E-state index contributed by atoms with van der Waals surface area (Å²) in [4.78, 5) is 12.6. The van der Waals surface area contributed by atoms with Gasteiger partial charge in [0.2, 0.25) is 5.91 Å². The van der Waals surface area contributed by atoms with Crippen LogP contribution in [0.15, 0.2) is 54.6 Å². The zero-order valence-corrected chi connectivity index (χ0v) is 15.2. The average molecular weight is 343 g/mol. The Labute approximate surface area is 148 Å². The molecule has 0 aliphatic rings. The Bertz CT molecular complexity index is 658. The number of aryl methyl sites for hydroxylation is 1. The zero-order chi connectivity index (χ0) is 17.5. The number of carbonyl (C=O) groups is 1. The number of benzene rings is 2. The highest BCUT2D eigenvalue weighted by molar-refractivity contribution is 8.00. The molecule has 0 fully saturated rings. The number of aliphatic hydroxyl groups excluding tert-OH is 1. The van der Waals surface area contributed by atoms with Crippen molar-refractivity contribution in [2.75, 3.05) is 11.1 Å². The number of nitrogens with one attached hydrogen (secondary N) is 1. The molecule has 0 aliphatic heterocycles. The minimum absolute atomic E-state index is 0.0131. The van der Waals surface area contributed by atoms with Gasteiger partial charge in [-0.2, -0.15) is 0 Å². The first-order valence-electron chi connectivity index (χ1n) is 8.19. The first kappa shape index (κ1) is 18.6. The summed E-state index contributed by atoms with van der Waals surface area (Å²) >= 11 is 1.50. The summed E-state index contributed by atoms with van der Waals surface area (Å²) in [6.07, 6.45) is -0.566. The molecule has 2 aromatic rings. The van der Waals surface area contributed by atoms with Crippen LogP contribution in [0.3, 0.4) is 0 Å². The van der Waals surface area contributed by atoms with Gasteiger partial charge in [0.15, 0.2) is 0 Å². The molecule has 0 bridgehead atoms. The van der Waals surface area contributed by atoms with Gasteiger partial charge in [-0.15, -0.1) is 11.8 Å². The largest absolute Gasteiger partial charge is 0.388 e. The molecule has 24 heavy (non-hydrogen) atoms. The van der Waals surface area contributed by atoms with E-state index in [1.807, 2.05) is 75.4 Å². The maximum Gasteiger partial charge on any atom is 0.237 e. The second-order valence-electron chi connectivity index (χ2n) is 6.28. The predicted octanol–water partition coefficient (Wildman–Crippen LogP) is 4.42. The second-order valence-corrected chi connectivity index (χ2v) is 7.46. The van der Waals surface area contributed by atoms with Crippen molar-refractivity contribution in [3.8, 4) is 0 Å². The van der Waals surface area contributed by atoms with Gasteiger partial charge in [0.1, 0.15) is 0 Å². The van der Waals surface area contributed by atoms with Gasteiger partial charge in [-0.25, -0.2) is 0 Å². The molecule has 4 heteroatoms. The van der Waals surface area contributed by atoms with Crippen LogP contribution in [0.2, 0.25) is 0 Å². The Kier molecular flexibility index (Phi) is 6.88. The van der Waals surface area contributed by atoms with Gasteiger partial charge < -0.3 is 10.4 Å². The molecule has 2 aromatic carbocycles. The molecule has 0 saturated heterocycles. The van der Waals surface area contributed by atoms with Crippen LogP contribution in [0.4, 0.5) is 5.69 Å². The van der Waals surface area contributed by atoms with Gasteiger partial charge in [-0.3, -0.25) is 4.79 Å². The van der Waals surface area contributed by atoms with Gasteiger partial charge in [0.05, 0.1) is 11.4 Å². The summed E-state index contributed by atoms with van der Waals surface area (Å²) in [5.74, 6) is 0.664. The minimum atomic E-state index is -0.566. The van der Waals surface area contributed by atoms with Gasteiger partial charge in [0.25, 0.3) is 0 Å². The van der Waals surface area contributed by atoms with E-state index in [2.05, 4.69) is 5.32 Å². The van der Waals surface area contributed by atoms with E-state index in [1.165, 1.54) is 11.8 Å². The van der Waals surface area contributed by atoms with E-state index in [1.54, 1.807) is 0 Å². The van der Waals surface area contributed by atoms with Crippen molar-refractivity contribution in [2.24, 2.45) is 5.92 Å². The monoisotopic (exact) mass is 343 g/mol. The molecule has 0 radical (unpaired) electrons. The number of hydrogen-bond acceptors (Lipinski definition) is 3. The third-order valence-corrected chi connectivity index (χ3v) is 5.39. The highest BCUT2D eigenvalue weighted by atomic mass is 32.2. The van der Waals surface area contributed by atoms with Gasteiger partial charge in [-0.1, -0.05) is 56.3 Å². The molecule has 0 aliphatic carbocycles. The number of carbonyl (C=O) groups excluding carboxylic acids is 1. The second kappa shape index (κ2) is 8.90. The first-order valence-corrected chi connectivity index (χ1v) is 9.24. The highest BCUT2D eigenvalue weighted by Gasteiger charge is 2.24. The Morgan fingerprint density at radius 2 is 1.83 bits per heavy atom. The van der Waals surface area contributed by atoms with E-state index in [4.69, 9.17) is 0 Å². The normalized spacial score (nSPS) is 13.5. The van der Waals surface area contributed by atoms with Crippen LogP contribution in [0.5, 0.6) is 0 Å². The molecule has 0 heterocycles. The lowest BCUT2D eigenvalue weighted by Gasteiger charge is -2.21. The quantitative estimate of drug-likeness (QED) is 0.782. The number of amides is 1. The maximum absolute atomic E-state index is 12.6. The van der Waals surface area contributed by atoms with Crippen molar-refractivity contribution >= 4 is 23.4 Å². The van der Waals surface area contributed by atoms with E-state index >= 15 is 0 Å². The van der Waals surface area contributed by atoms with Crippen LogP contribution >= 0.6 is 11.8 Å². The van der Waals surface area contributed by atoms with Crippen LogP contribution in [0.1, 0.15) is 31.1 Å². The molecular weight excluding hydrogens is 318 g/mol. The number of aliphatic hydroxyl groups is 1. The van der Waals surface area contributed by atoms with Crippen LogP contribution in [-0.4, -0.2) is 22.0 Å². The lowest BCUT2D eigenvalue weighted by molar-refractivity contribution is -0.116. The molecule has 2 N–H and O–H groups in total. The lowest BCUT2D eigenvalue weighted by Crippen LogP contribution is -2.30. The van der Waals surface area contributed by atoms with E-state index in [0.717, 1.165) is 16.8 Å². The Morgan fingerprint density at radius 3 is 2.46 bits per heavy atom. The molecule has 128 valence electrons. The summed E-state index contributed by atoms with van der Waals surface area (Å²) in [6.45, 7) is 6.06. The third kappa shape index (κ3) is 5.39. The summed E-state index contributed by atoms with van der Waals surface area (Å²) in [6, 6.07) is 17.3. The highest BCUT2D eigenvalue weighted by Crippen LogP contribution is 2.26. The number of hydrogen-bond donors (Lipinski definition) is 2. The predicted molar refractivity (Wildman–Crippen MR) is 102 cm³/mol. The average Bonchev–Trinajstić information content (AvgIpc) is 2.55. The fourth-order valence-corrected chi connectivity index (χ4v) is 3.65. The molecule has 1 amide bonds. The third-order valence-electron chi connectivity index (χ3n) is 3.77. The summed E-state index contributed by atoms with van der Waals surface area (Å²) < 4.78 is 0. The van der Waals surface area contributed by atoms with Crippen molar-refractivity contribution in [3.05, 3.63) is 65.7 Å². The smallest absolute Gasteiger partial charge is 0.237 e. The van der Waals surface area contributed by atoms with Crippen LogP contribution < -0.4 is 5.32 Å². The Hall–Kier alpha value is -1.78. The van der Waals surface area contributed by atoms with Crippen molar-refractivity contribution in [1.82, 2.24) is 0 Å². The van der Waals surface area contributed by atoms with E-state index in [9.17, 15) is 9.90 Å². The Balaban J connectivity index is 1.97. The van der Waals surface area contributed by atoms with E-state index in [-0.39, 0.29) is 17.1 Å². The molecular formula is C20H25NO2S. The lowest BCUT2D eigenvalue weighted by atomic mass is 10.1. The molecule has 0 aromatic heterocycles. The van der Waals surface area contributed by atoms with Gasteiger partial charge in [0, 0.05) is 11.4 Å². The van der Waals surface area contributed by atoms with E-state index < -0.39 is 6.10 Å². The van der Waals surface area contributed by atoms with Crippen LogP contribution in [0.25, 0.3) is 0 Å². The van der Waals surface area contributed by atoms with E-state index in [0.29, 0.717) is 5.75 Å². The van der Waals surface area contributed by atoms with Crippen molar-refractivity contribution in [2.45, 2.75) is 32.1 Å². The number of rotatable bonds is 7. The topological polar surface area (TPSA) is 49.3 Å². The van der Waals surface area contributed by atoms with Crippen molar-refractivity contribution in [3.63, 3.8) is 0 Å². The van der Waals surface area contributed by atoms with Crippen LogP contribution in [-0.2, 0) is 4.79 Å². The number of thioether (sulfide) groups is 1. The minimum Gasteiger partial charge on any atom is -0.388 e. The molecule has 2 atom stereocenters. The fraction of sp³-hybridized carbons (Fsp3) is 0.350. The zero-order valence-electron chi connectivity index (χ0n) is 14.4. The van der Waals surface area contributed by atoms with Gasteiger partial charge in [-0.05, 0) is 36.1 Å². The summed E-state index contributed by atoms with van der Waals surface area (Å²) in [7, 11) is 0. The SMILES string of the molecule is Cc1cccc(NC(=O)C(SCC(O)c2ccccc2)C(C)C)c1. The first-order chi connectivity index (χ1) is 11.5. The molecule has 0 spiro atoms. The molecule has 0 saturated carbocycles. The Morgan fingerprint density at radius 1 is 1.12 bits per heavy atom. The summed E-state index contributed by atoms with van der Waals surface area (Å²) in [5, 5.41) is 13.1. The van der Waals surface area contributed by atoms with Crippen LogP contribution in [0, 0.1) is 12.8 Å². The maximum atomic E-state index is 12.6. The molecule has 3 nitrogen and oxygen atoms in total. The van der Waals surface area contributed by atoms with Crippen molar-refractivity contribution < 1.29 is 9.90 Å². The van der Waals surface area contributed by atoms with Gasteiger partial charge >= 0.3 is 0 Å². The molecule has 2 unspecified atom stereocenters. The number of anilines is 1. The fourth-order valence-electron chi connectivity index (χ4n) is 2.47. The summed E-state index contributed by atoms with van der Waals surface area (Å²) in [5.41, 5.74) is 2.81. The molecule has 2 rings (SSSR count). The standard InChI is InChI=1S/C20H25NO2S/c1-14(2)19(20(23)21-17-11-7-8-15(3)12-17)24-13-18(22)16-9-5-4-6-10-16/h4-12,14,18-19,22H,13H2,1-3H3,(H,21,23). The van der Waals surface area contributed by atoms with Crippen molar-refractivity contribution in [1.29, 1.82) is 0 Å².